The molecule has 0 unspecified atom stereocenters. The average Bonchev–Trinajstić information content (AvgIpc) is 3.34. The van der Waals surface area contributed by atoms with Crippen LogP contribution in [0.15, 0.2) is 93.3 Å². The number of rotatable bonds is 7. The van der Waals surface area contributed by atoms with Gasteiger partial charge in [-0.15, -0.1) is 10.2 Å². The van der Waals surface area contributed by atoms with Crippen molar-refractivity contribution in [1.29, 1.82) is 0 Å². The Labute approximate surface area is 201 Å². The summed E-state index contributed by atoms with van der Waals surface area (Å²) in [4.78, 5) is 13.1. The Bertz CT molecular complexity index is 1470. The number of benzene rings is 3. The maximum Gasteiger partial charge on any atom is 0.277 e. The molecule has 0 aliphatic carbocycles. The van der Waals surface area contributed by atoms with Crippen molar-refractivity contribution in [3.05, 3.63) is 106 Å². The van der Waals surface area contributed by atoms with E-state index in [0.717, 1.165) is 11.3 Å². The molecule has 0 atom stereocenters. The number of hydrogen-bond donors (Lipinski definition) is 0. The molecule has 170 valence electrons. The van der Waals surface area contributed by atoms with Gasteiger partial charge in [0.1, 0.15) is 0 Å². The van der Waals surface area contributed by atoms with E-state index < -0.39 is 0 Å². The Hall–Kier alpha value is -3.71. The molecule has 34 heavy (non-hydrogen) atoms. The van der Waals surface area contributed by atoms with Gasteiger partial charge in [-0.25, -0.2) is 4.68 Å². The topological polar surface area (TPSA) is 73.8 Å². The summed E-state index contributed by atoms with van der Waals surface area (Å²) in [7, 11) is 0. The fraction of sp³-hybridized carbons (Fsp3) is 0.185. The third-order valence-electron chi connectivity index (χ3n) is 5.66. The largest absolute Gasteiger partial charge is 0.409 e. The summed E-state index contributed by atoms with van der Waals surface area (Å²) in [6, 6.07) is 25.7. The summed E-state index contributed by atoms with van der Waals surface area (Å²) in [5.41, 5.74) is 3.85. The van der Waals surface area contributed by atoms with Gasteiger partial charge in [0.2, 0.25) is 0 Å². The lowest BCUT2D eigenvalue weighted by atomic mass is 10.0. The van der Waals surface area contributed by atoms with E-state index >= 15 is 0 Å². The minimum absolute atomic E-state index is 0.151. The summed E-state index contributed by atoms with van der Waals surface area (Å²) in [5, 5.41) is 14.8. The summed E-state index contributed by atoms with van der Waals surface area (Å²) < 4.78 is 7.43. The number of hydrogen-bond acceptors (Lipinski definition) is 6. The van der Waals surface area contributed by atoms with Crippen molar-refractivity contribution in [3.63, 3.8) is 0 Å². The number of nitrogens with zero attached hydrogens (tertiary/aromatic N) is 4. The van der Waals surface area contributed by atoms with E-state index in [1.54, 1.807) is 6.07 Å². The predicted molar refractivity (Wildman–Crippen MR) is 135 cm³/mol. The van der Waals surface area contributed by atoms with Gasteiger partial charge in [-0.3, -0.25) is 4.79 Å². The van der Waals surface area contributed by atoms with Gasteiger partial charge in [-0.1, -0.05) is 98.4 Å². The standard InChI is InChI=1S/C27H24N4O2S/c1-18(2)21-14-12-20(13-15-21)17-34-27-29-28-25(33-27)24-22-10-6-7-11-23(22)26(32)31(30-24)16-19-8-4-3-5-9-19/h3-15,18H,16-17H2,1-2H3. The summed E-state index contributed by atoms with van der Waals surface area (Å²) in [5.74, 6) is 1.53. The highest BCUT2D eigenvalue weighted by molar-refractivity contribution is 7.98. The second-order valence-corrected chi connectivity index (χ2v) is 9.33. The average molecular weight is 469 g/mol. The fourth-order valence-electron chi connectivity index (χ4n) is 3.76. The van der Waals surface area contributed by atoms with E-state index in [1.807, 2.05) is 48.5 Å². The van der Waals surface area contributed by atoms with Crippen LogP contribution < -0.4 is 5.56 Å². The van der Waals surface area contributed by atoms with Crippen LogP contribution in [0.4, 0.5) is 0 Å². The molecule has 0 saturated carbocycles. The van der Waals surface area contributed by atoms with Crippen LogP contribution >= 0.6 is 11.8 Å². The van der Waals surface area contributed by atoms with Crippen molar-refractivity contribution < 1.29 is 4.42 Å². The highest BCUT2D eigenvalue weighted by Crippen LogP contribution is 2.28. The van der Waals surface area contributed by atoms with Crippen molar-refractivity contribution >= 4 is 22.5 Å². The molecule has 0 amide bonds. The third-order valence-corrected chi connectivity index (χ3v) is 6.55. The summed E-state index contributed by atoms with van der Waals surface area (Å²) in [6.45, 7) is 4.73. The molecule has 0 N–H and O–H groups in total. The molecule has 0 saturated heterocycles. The first-order valence-electron chi connectivity index (χ1n) is 11.2. The van der Waals surface area contributed by atoms with E-state index in [0.29, 0.717) is 40.0 Å². The highest BCUT2D eigenvalue weighted by atomic mass is 32.2. The van der Waals surface area contributed by atoms with E-state index in [4.69, 9.17) is 4.42 Å². The third kappa shape index (κ3) is 4.65. The lowest BCUT2D eigenvalue weighted by Crippen LogP contribution is -2.24. The second kappa shape index (κ2) is 9.65. The van der Waals surface area contributed by atoms with Gasteiger partial charge in [-0.05, 0) is 28.7 Å². The number of thioether (sulfide) groups is 1. The Morgan fingerprint density at radius 2 is 1.56 bits per heavy atom. The van der Waals surface area contributed by atoms with E-state index in [2.05, 4.69) is 53.4 Å². The molecular formula is C27H24N4O2S. The molecule has 0 fully saturated rings. The molecule has 7 heteroatoms. The monoisotopic (exact) mass is 468 g/mol. The molecular weight excluding hydrogens is 444 g/mol. The van der Waals surface area contributed by atoms with Crippen molar-refractivity contribution in [3.8, 4) is 11.6 Å². The first-order chi connectivity index (χ1) is 16.6. The second-order valence-electron chi connectivity index (χ2n) is 8.40. The number of fused-ring (bicyclic) bond motifs is 1. The highest BCUT2D eigenvalue weighted by Gasteiger charge is 2.18. The summed E-state index contributed by atoms with van der Waals surface area (Å²) in [6.07, 6.45) is 0. The van der Waals surface area contributed by atoms with E-state index in [9.17, 15) is 4.79 Å². The molecule has 6 nitrogen and oxygen atoms in total. The number of aromatic nitrogens is 4. The Kier molecular flexibility index (Phi) is 6.27. The lowest BCUT2D eigenvalue weighted by Gasteiger charge is -2.09. The maximum absolute atomic E-state index is 13.1. The first kappa shape index (κ1) is 22.1. The van der Waals surface area contributed by atoms with Gasteiger partial charge < -0.3 is 4.42 Å². The molecule has 0 aliphatic rings. The van der Waals surface area contributed by atoms with Gasteiger partial charge >= 0.3 is 0 Å². The van der Waals surface area contributed by atoms with Gasteiger partial charge in [0.25, 0.3) is 16.7 Å². The van der Waals surface area contributed by atoms with Crippen LogP contribution in [0, 0.1) is 0 Å². The fourth-order valence-corrected chi connectivity index (χ4v) is 4.48. The van der Waals surface area contributed by atoms with Gasteiger partial charge in [0.15, 0.2) is 5.69 Å². The maximum atomic E-state index is 13.1. The van der Waals surface area contributed by atoms with Gasteiger partial charge in [0, 0.05) is 11.1 Å². The van der Waals surface area contributed by atoms with Crippen molar-refractivity contribution in [2.75, 3.05) is 0 Å². The van der Waals surface area contributed by atoms with Crippen molar-refractivity contribution in [1.82, 2.24) is 20.0 Å². The molecule has 0 bridgehead atoms. The van der Waals surface area contributed by atoms with E-state index in [-0.39, 0.29) is 5.56 Å². The van der Waals surface area contributed by atoms with Crippen LogP contribution in [0.1, 0.15) is 36.5 Å². The van der Waals surface area contributed by atoms with Crippen LogP contribution in [0.2, 0.25) is 0 Å². The zero-order valence-electron chi connectivity index (χ0n) is 19.0. The van der Waals surface area contributed by atoms with Crippen LogP contribution in [-0.4, -0.2) is 20.0 Å². The molecule has 3 aromatic carbocycles. The molecule has 0 aliphatic heterocycles. The van der Waals surface area contributed by atoms with E-state index in [1.165, 1.54) is 27.6 Å². The quantitative estimate of drug-likeness (QED) is 0.277. The van der Waals surface area contributed by atoms with Gasteiger partial charge in [0.05, 0.1) is 11.9 Å². The Balaban J connectivity index is 1.44. The SMILES string of the molecule is CC(C)c1ccc(CSc2nnc(-c3nn(Cc4ccccc4)c(=O)c4ccccc34)o2)cc1. The molecule has 2 aromatic heterocycles. The van der Waals surface area contributed by atoms with Gasteiger partial charge in [-0.2, -0.15) is 5.10 Å². The first-order valence-corrected chi connectivity index (χ1v) is 12.2. The van der Waals surface area contributed by atoms with Crippen LogP contribution in [-0.2, 0) is 12.3 Å². The Morgan fingerprint density at radius 1 is 0.853 bits per heavy atom. The summed E-state index contributed by atoms with van der Waals surface area (Å²) >= 11 is 1.48. The molecule has 5 rings (SSSR count). The van der Waals surface area contributed by atoms with Crippen LogP contribution in [0.3, 0.4) is 0 Å². The molecule has 0 spiro atoms. The van der Waals surface area contributed by atoms with Crippen LogP contribution in [0.25, 0.3) is 22.4 Å². The molecule has 0 radical (unpaired) electrons. The molecule has 5 aromatic rings. The predicted octanol–water partition coefficient (Wildman–Crippen LogP) is 5.91. The smallest absolute Gasteiger partial charge is 0.277 e. The molecule has 2 heterocycles. The zero-order chi connectivity index (χ0) is 23.5. The zero-order valence-corrected chi connectivity index (χ0v) is 19.8. The minimum atomic E-state index is -0.151. The Morgan fingerprint density at radius 3 is 2.29 bits per heavy atom. The van der Waals surface area contributed by atoms with Crippen LogP contribution in [0.5, 0.6) is 0 Å². The lowest BCUT2D eigenvalue weighted by molar-refractivity contribution is 0.462. The van der Waals surface area contributed by atoms with Crippen molar-refractivity contribution in [2.24, 2.45) is 0 Å². The minimum Gasteiger partial charge on any atom is -0.409 e. The van der Waals surface area contributed by atoms with Crippen molar-refractivity contribution in [2.45, 2.75) is 37.3 Å². The normalized spacial score (nSPS) is 11.4.